The lowest BCUT2D eigenvalue weighted by atomic mass is 10.0. The normalized spacial score (nSPS) is 16.1. The SMILES string of the molecule is O=C(OCc1ccccc1)C1CC(=O)N1C(=O)OCc1ccccc1. The van der Waals surface area contributed by atoms with E-state index < -0.39 is 24.0 Å². The number of hydrogen-bond donors (Lipinski definition) is 0. The molecule has 0 radical (unpaired) electrons. The first-order chi connectivity index (χ1) is 12.1. The summed E-state index contributed by atoms with van der Waals surface area (Å²) in [4.78, 5) is 36.7. The van der Waals surface area contributed by atoms with Crippen LogP contribution >= 0.6 is 0 Å². The molecule has 128 valence electrons. The molecule has 1 fully saturated rings. The molecular weight excluding hydrogens is 322 g/mol. The number of carbonyl (C=O) groups is 3. The molecule has 6 heteroatoms. The van der Waals surface area contributed by atoms with Gasteiger partial charge in [0.25, 0.3) is 0 Å². The highest BCUT2D eigenvalue weighted by molar-refractivity contribution is 6.04. The molecule has 0 aromatic heterocycles. The number of likely N-dealkylation sites (tertiary alicyclic amines) is 1. The molecule has 0 saturated carbocycles. The number of hydrogen-bond acceptors (Lipinski definition) is 5. The van der Waals surface area contributed by atoms with Gasteiger partial charge in [-0.2, -0.15) is 0 Å². The van der Waals surface area contributed by atoms with Crippen LogP contribution in [-0.4, -0.2) is 28.9 Å². The molecule has 2 aromatic carbocycles. The van der Waals surface area contributed by atoms with Crippen molar-refractivity contribution in [2.75, 3.05) is 0 Å². The predicted molar refractivity (Wildman–Crippen MR) is 88.1 cm³/mol. The largest absolute Gasteiger partial charge is 0.459 e. The van der Waals surface area contributed by atoms with Gasteiger partial charge in [0.1, 0.15) is 19.3 Å². The number of β-lactam (4-membered cyclic amide) rings is 1. The molecule has 1 aliphatic heterocycles. The third-order valence-electron chi connectivity index (χ3n) is 3.85. The van der Waals surface area contributed by atoms with Crippen molar-refractivity contribution < 1.29 is 23.9 Å². The molecule has 3 rings (SSSR count). The molecule has 6 nitrogen and oxygen atoms in total. The van der Waals surface area contributed by atoms with E-state index in [1.807, 2.05) is 48.5 Å². The summed E-state index contributed by atoms with van der Waals surface area (Å²) < 4.78 is 10.3. The summed E-state index contributed by atoms with van der Waals surface area (Å²) in [6.07, 6.45) is -0.879. The summed E-state index contributed by atoms with van der Waals surface area (Å²) in [7, 11) is 0. The number of rotatable bonds is 5. The Morgan fingerprint density at radius 2 is 1.40 bits per heavy atom. The van der Waals surface area contributed by atoms with E-state index in [0.29, 0.717) is 0 Å². The van der Waals surface area contributed by atoms with Crippen molar-refractivity contribution in [1.82, 2.24) is 4.90 Å². The van der Waals surface area contributed by atoms with Crippen LogP contribution in [0.4, 0.5) is 4.79 Å². The topological polar surface area (TPSA) is 72.9 Å². The maximum absolute atomic E-state index is 12.1. The molecule has 1 aliphatic rings. The maximum atomic E-state index is 12.1. The minimum atomic E-state index is -0.917. The molecular formula is C19H17NO5. The Kier molecular flexibility index (Phi) is 5.09. The molecule has 1 heterocycles. The summed E-state index contributed by atoms with van der Waals surface area (Å²) in [5.74, 6) is -1.06. The third-order valence-corrected chi connectivity index (χ3v) is 3.85. The fraction of sp³-hybridized carbons (Fsp3) is 0.211. The molecule has 25 heavy (non-hydrogen) atoms. The lowest BCUT2D eigenvalue weighted by Crippen LogP contribution is -2.59. The standard InChI is InChI=1S/C19H17NO5/c21-17-11-16(18(22)24-12-14-7-3-1-4-8-14)20(17)19(23)25-13-15-9-5-2-6-10-15/h1-10,16H,11-13H2. The van der Waals surface area contributed by atoms with Crippen LogP contribution in [-0.2, 0) is 32.3 Å². The number of esters is 1. The van der Waals surface area contributed by atoms with Gasteiger partial charge in [-0.25, -0.2) is 14.5 Å². The summed E-state index contributed by atoms with van der Waals surface area (Å²) in [6.45, 7) is 0.131. The second-order valence-corrected chi connectivity index (χ2v) is 5.62. The van der Waals surface area contributed by atoms with Crippen LogP contribution in [0.1, 0.15) is 17.5 Å². The second kappa shape index (κ2) is 7.61. The highest BCUT2D eigenvalue weighted by Crippen LogP contribution is 2.22. The van der Waals surface area contributed by atoms with Gasteiger partial charge in [0.05, 0.1) is 6.42 Å². The van der Waals surface area contributed by atoms with Crippen LogP contribution in [0.3, 0.4) is 0 Å². The number of carbonyl (C=O) groups excluding carboxylic acids is 3. The summed E-state index contributed by atoms with van der Waals surface area (Å²) in [6, 6.07) is 17.4. The van der Waals surface area contributed by atoms with E-state index in [1.54, 1.807) is 12.1 Å². The number of nitrogens with zero attached hydrogens (tertiary/aromatic N) is 1. The highest BCUT2D eigenvalue weighted by Gasteiger charge is 2.47. The lowest BCUT2D eigenvalue weighted by molar-refractivity contribution is -0.164. The summed E-state index contributed by atoms with van der Waals surface area (Å²) >= 11 is 0. The van der Waals surface area contributed by atoms with Crippen LogP contribution in [0.15, 0.2) is 60.7 Å². The van der Waals surface area contributed by atoms with Gasteiger partial charge < -0.3 is 9.47 Å². The van der Waals surface area contributed by atoms with Gasteiger partial charge in [-0.1, -0.05) is 60.7 Å². The van der Waals surface area contributed by atoms with E-state index in [2.05, 4.69) is 0 Å². The fourth-order valence-corrected chi connectivity index (χ4v) is 2.45. The first-order valence-electron chi connectivity index (χ1n) is 7.88. The molecule has 0 aliphatic carbocycles. The van der Waals surface area contributed by atoms with Crippen molar-refractivity contribution in [3.8, 4) is 0 Å². The van der Waals surface area contributed by atoms with Gasteiger partial charge >= 0.3 is 12.1 Å². The Morgan fingerprint density at radius 1 is 0.880 bits per heavy atom. The van der Waals surface area contributed by atoms with Gasteiger partial charge in [0, 0.05) is 0 Å². The van der Waals surface area contributed by atoms with Crippen molar-refractivity contribution >= 4 is 18.0 Å². The Bertz CT molecular complexity index is 760. The first-order valence-corrected chi connectivity index (χ1v) is 7.88. The van der Waals surface area contributed by atoms with Gasteiger partial charge in [-0.3, -0.25) is 4.79 Å². The van der Waals surface area contributed by atoms with Gasteiger partial charge in [-0.15, -0.1) is 0 Å². The van der Waals surface area contributed by atoms with E-state index in [1.165, 1.54) is 0 Å². The second-order valence-electron chi connectivity index (χ2n) is 5.62. The van der Waals surface area contributed by atoms with E-state index in [9.17, 15) is 14.4 Å². The highest BCUT2D eigenvalue weighted by atomic mass is 16.6. The van der Waals surface area contributed by atoms with Crippen molar-refractivity contribution in [2.45, 2.75) is 25.7 Å². The zero-order chi connectivity index (χ0) is 17.6. The van der Waals surface area contributed by atoms with Crippen molar-refractivity contribution in [3.63, 3.8) is 0 Å². The minimum Gasteiger partial charge on any atom is -0.459 e. The van der Waals surface area contributed by atoms with E-state index in [0.717, 1.165) is 16.0 Å². The smallest absolute Gasteiger partial charge is 0.417 e. The van der Waals surface area contributed by atoms with Gasteiger partial charge in [-0.05, 0) is 11.1 Å². The van der Waals surface area contributed by atoms with Gasteiger partial charge in [0.2, 0.25) is 5.91 Å². The van der Waals surface area contributed by atoms with Crippen LogP contribution < -0.4 is 0 Å². The Hall–Kier alpha value is -3.15. The maximum Gasteiger partial charge on any atom is 0.417 e. The third kappa shape index (κ3) is 4.03. The molecule has 2 aromatic rings. The van der Waals surface area contributed by atoms with Crippen LogP contribution in [0.5, 0.6) is 0 Å². The van der Waals surface area contributed by atoms with E-state index >= 15 is 0 Å². The summed E-state index contributed by atoms with van der Waals surface area (Å²) in [5, 5.41) is 0. The van der Waals surface area contributed by atoms with Crippen LogP contribution in [0.2, 0.25) is 0 Å². The Balaban J connectivity index is 1.52. The molecule has 2 amide bonds. The Labute approximate surface area is 145 Å². The van der Waals surface area contributed by atoms with Crippen molar-refractivity contribution in [3.05, 3.63) is 71.8 Å². The first kappa shape index (κ1) is 16.7. The lowest BCUT2D eigenvalue weighted by Gasteiger charge is -2.35. The minimum absolute atomic E-state index is 0.0369. The van der Waals surface area contributed by atoms with Crippen LogP contribution in [0, 0.1) is 0 Å². The molecule has 1 saturated heterocycles. The summed E-state index contributed by atoms with van der Waals surface area (Å²) in [5.41, 5.74) is 1.63. The average Bonchev–Trinajstić information content (AvgIpc) is 2.64. The van der Waals surface area contributed by atoms with Crippen molar-refractivity contribution in [1.29, 1.82) is 0 Å². The average molecular weight is 339 g/mol. The zero-order valence-corrected chi connectivity index (χ0v) is 13.5. The van der Waals surface area contributed by atoms with Gasteiger partial charge in [0.15, 0.2) is 0 Å². The molecule has 1 unspecified atom stereocenters. The number of imide groups is 1. The van der Waals surface area contributed by atoms with Crippen molar-refractivity contribution in [2.24, 2.45) is 0 Å². The number of amides is 2. The molecule has 1 atom stereocenters. The Morgan fingerprint density at radius 3 is 1.92 bits per heavy atom. The molecule has 0 N–H and O–H groups in total. The molecule has 0 bridgehead atoms. The van der Waals surface area contributed by atoms with E-state index in [-0.39, 0.29) is 19.6 Å². The van der Waals surface area contributed by atoms with E-state index in [4.69, 9.17) is 9.47 Å². The fourth-order valence-electron chi connectivity index (χ4n) is 2.45. The van der Waals surface area contributed by atoms with Crippen LogP contribution in [0.25, 0.3) is 0 Å². The quantitative estimate of drug-likeness (QED) is 0.618. The number of benzene rings is 2. The monoisotopic (exact) mass is 339 g/mol. The predicted octanol–water partition coefficient (Wildman–Crippen LogP) is 2.67. The molecule has 0 spiro atoms. The number of ether oxygens (including phenoxy) is 2. The zero-order valence-electron chi connectivity index (χ0n) is 13.5.